The first-order valence-electron chi connectivity index (χ1n) is 8.35. The number of aromatic nitrogens is 1. The lowest BCUT2D eigenvalue weighted by Crippen LogP contribution is -2.13. The van der Waals surface area contributed by atoms with Gasteiger partial charge in [-0.2, -0.15) is 0 Å². The van der Waals surface area contributed by atoms with Crippen molar-refractivity contribution in [2.24, 2.45) is 0 Å². The number of benzene rings is 3. The predicted octanol–water partition coefficient (Wildman–Crippen LogP) is 7.12. The van der Waals surface area contributed by atoms with Gasteiger partial charge in [0.15, 0.2) is 5.58 Å². The van der Waals surface area contributed by atoms with Crippen molar-refractivity contribution in [2.75, 3.05) is 5.32 Å². The third kappa shape index (κ3) is 3.65. The van der Waals surface area contributed by atoms with E-state index in [1.165, 1.54) is 0 Å². The first kappa shape index (κ1) is 19.0. The normalized spacial score (nSPS) is 11.0. The Bertz CT molecular complexity index is 1220. The number of hydrogen-bond acceptors (Lipinski definition) is 3. The number of anilines is 1. The van der Waals surface area contributed by atoms with Crippen molar-refractivity contribution in [1.29, 1.82) is 0 Å². The second kappa shape index (κ2) is 7.59. The zero-order valence-corrected chi connectivity index (χ0v) is 17.7. The van der Waals surface area contributed by atoms with Crippen molar-refractivity contribution < 1.29 is 9.21 Å². The summed E-state index contributed by atoms with van der Waals surface area (Å²) >= 11 is 15.6. The molecule has 0 saturated heterocycles. The Morgan fingerprint density at radius 2 is 1.93 bits per heavy atom. The number of fused-ring (bicyclic) bond motifs is 1. The molecule has 1 amide bonds. The van der Waals surface area contributed by atoms with Gasteiger partial charge in [-0.05, 0) is 61.0 Å². The zero-order chi connectivity index (χ0) is 19.8. The number of nitrogens with one attached hydrogen (secondary N) is 1. The van der Waals surface area contributed by atoms with Gasteiger partial charge in [0.2, 0.25) is 5.89 Å². The van der Waals surface area contributed by atoms with Crippen LogP contribution >= 0.6 is 39.1 Å². The Labute approximate surface area is 179 Å². The molecule has 28 heavy (non-hydrogen) atoms. The Hall–Kier alpha value is -2.34. The highest BCUT2D eigenvalue weighted by Crippen LogP contribution is 2.32. The maximum Gasteiger partial charge on any atom is 0.257 e. The van der Waals surface area contributed by atoms with Gasteiger partial charge in [-0.15, -0.1) is 0 Å². The number of amides is 1. The topological polar surface area (TPSA) is 55.1 Å². The molecule has 3 aromatic carbocycles. The Kier molecular flexibility index (Phi) is 5.15. The average Bonchev–Trinajstić information content (AvgIpc) is 3.08. The molecule has 7 heteroatoms. The molecule has 0 unspecified atom stereocenters. The van der Waals surface area contributed by atoms with E-state index in [-0.39, 0.29) is 5.91 Å². The lowest BCUT2D eigenvalue weighted by molar-refractivity contribution is 0.102. The third-order valence-corrected chi connectivity index (χ3v) is 5.39. The molecule has 4 aromatic rings. The molecule has 0 fully saturated rings. The summed E-state index contributed by atoms with van der Waals surface area (Å²) in [6, 6.07) is 16.0. The van der Waals surface area contributed by atoms with Crippen molar-refractivity contribution in [3.05, 3.63) is 80.2 Å². The lowest BCUT2D eigenvalue weighted by Gasteiger charge is -2.12. The fraction of sp³-hybridized carbons (Fsp3) is 0.0476. The van der Waals surface area contributed by atoms with Crippen LogP contribution in [0.5, 0.6) is 0 Å². The van der Waals surface area contributed by atoms with Crippen LogP contribution in [-0.2, 0) is 0 Å². The van der Waals surface area contributed by atoms with Crippen LogP contribution in [0.3, 0.4) is 0 Å². The highest BCUT2D eigenvalue weighted by molar-refractivity contribution is 9.10. The van der Waals surface area contributed by atoms with Gasteiger partial charge in [0.25, 0.3) is 5.91 Å². The van der Waals surface area contributed by atoms with Crippen LogP contribution in [-0.4, -0.2) is 10.9 Å². The van der Waals surface area contributed by atoms with Gasteiger partial charge in [-0.3, -0.25) is 4.79 Å². The number of rotatable bonds is 3. The molecule has 4 nitrogen and oxygen atoms in total. The molecule has 1 N–H and O–H groups in total. The summed E-state index contributed by atoms with van der Waals surface area (Å²) in [5.74, 6) is 0.169. The number of carbonyl (C=O) groups is 1. The second-order valence-electron chi connectivity index (χ2n) is 6.19. The molecule has 1 aromatic heterocycles. The Morgan fingerprint density at radius 3 is 2.75 bits per heavy atom. The molecule has 0 atom stereocenters. The van der Waals surface area contributed by atoms with E-state index in [1.807, 2.05) is 25.1 Å². The zero-order valence-electron chi connectivity index (χ0n) is 14.6. The summed E-state index contributed by atoms with van der Waals surface area (Å²) in [5, 5.41) is 3.89. The standard InChI is InChI=1S/C21H13BrCl2N2O2/c1-11-14(21-26-18-10-13(23)6-8-19(18)28-21)3-2-4-17(11)25-20(27)15-9-12(22)5-7-16(15)24/h2-10H,1H3,(H,25,27). The summed E-state index contributed by atoms with van der Waals surface area (Å²) < 4.78 is 6.64. The second-order valence-corrected chi connectivity index (χ2v) is 7.95. The van der Waals surface area contributed by atoms with Crippen LogP contribution in [0.4, 0.5) is 5.69 Å². The van der Waals surface area contributed by atoms with Crippen molar-refractivity contribution >= 4 is 61.8 Å². The van der Waals surface area contributed by atoms with Crippen LogP contribution < -0.4 is 5.32 Å². The van der Waals surface area contributed by atoms with Crippen molar-refractivity contribution in [3.8, 4) is 11.5 Å². The molecule has 140 valence electrons. The maximum atomic E-state index is 12.7. The number of oxazole rings is 1. The van der Waals surface area contributed by atoms with Crippen molar-refractivity contribution in [1.82, 2.24) is 4.98 Å². The molecule has 0 bridgehead atoms. The molecule has 1 heterocycles. The van der Waals surface area contributed by atoms with E-state index in [1.54, 1.807) is 36.4 Å². The van der Waals surface area contributed by atoms with Gasteiger partial charge in [0.1, 0.15) is 5.52 Å². The summed E-state index contributed by atoms with van der Waals surface area (Å²) in [5.41, 5.74) is 3.98. The summed E-state index contributed by atoms with van der Waals surface area (Å²) in [7, 11) is 0. The van der Waals surface area contributed by atoms with E-state index in [4.69, 9.17) is 27.6 Å². The van der Waals surface area contributed by atoms with Gasteiger partial charge in [0.05, 0.1) is 10.6 Å². The van der Waals surface area contributed by atoms with Gasteiger partial charge < -0.3 is 9.73 Å². The van der Waals surface area contributed by atoms with Crippen LogP contribution in [0.25, 0.3) is 22.6 Å². The SMILES string of the molecule is Cc1c(NC(=O)c2cc(Br)ccc2Cl)cccc1-c1nc2cc(Cl)ccc2o1. The van der Waals surface area contributed by atoms with E-state index in [0.29, 0.717) is 38.3 Å². The number of carbonyl (C=O) groups excluding carboxylic acids is 1. The number of nitrogens with zero attached hydrogens (tertiary/aromatic N) is 1. The Morgan fingerprint density at radius 1 is 1.11 bits per heavy atom. The Balaban J connectivity index is 1.70. The predicted molar refractivity (Wildman–Crippen MR) is 116 cm³/mol. The van der Waals surface area contributed by atoms with Gasteiger partial charge in [-0.25, -0.2) is 4.98 Å². The van der Waals surface area contributed by atoms with Crippen LogP contribution in [0.1, 0.15) is 15.9 Å². The number of halogens is 3. The lowest BCUT2D eigenvalue weighted by atomic mass is 10.1. The molecule has 0 radical (unpaired) electrons. The monoisotopic (exact) mass is 474 g/mol. The van der Waals surface area contributed by atoms with Crippen LogP contribution in [0.2, 0.25) is 10.0 Å². The molecule has 0 saturated carbocycles. The largest absolute Gasteiger partial charge is 0.436 e. The first-order chi connectivity index (χ1) is 13.4. The summed E-state index contributed by atoms with van der Waals surface area (Å²) in [6.07, 6.45) is 0. The number of hydrogen-bond donors (Lipinski definition) is 1. The van der Waals surface area contributed by atoms with E-state index < -0.39 is 0 Å². The average molecular weight is 476 g/mol. The third-order valence-electron chi connectivity index (χ3n) is 4.34. The molecule has 0 aliphatic heterocycles. The highest BCUT2D eigenvalue weighted by atomic mass is 79.9. The first-order valence-corrected chi connectivity index (χ1v) is 9.90. The van der Waals surface area contributed by atoms with E-state index >= 15 is 0 Å². The van der Waals surface area contributed by atoms with Crippen molar-refractivity contribution in [3.63, 3.8) is 0 Å². The molecule has 0 spiro atoms. The molecule has 0 aliphatic rings. The fourth-order valence-corrected chi connectivity index (χ4v) is 3.61. The minimum Gasteiger partial charge on any atom is -0.436 e. The maximum absolute atomic E-state index is 12.7. The molecular formula is C21H13BrCl2N2O2. The minimum absolute atomic E-state index is 0.295. The van der Waals surface area contributed by atoms with Gasteiger partial charge in [-0.1, -0.05) is 45.2 Å². The van der Waals surface area contributed by atoms with Crippen LogP contribution in [0.15, 0.2) is 63.5 Å². The van der Waals surface area contributed by atoms with Gasteiger partial charge >= 0.3 is 0 Å². The van der Waals surface area contributed by atoms with Gasteiger partial charge in [0, 0.05) is 20.7 Å². The highest BCUT2D eigenvalue weighted by Gasteiger charge is 2.16. The van der Waals surface area contributed by atoms with Crippen molar-refractivity contribution in [2.45, 2.75) is 6.92 Å². The van der Waals surface area contributed by atoms with Crippen LogP contribution in [0, 0.1) is 6.92 Å². The quantitative estimate of drug-likeness (QED) is 0.343. The molecule has 4 rings (SSSR count). The minimum atomic E-state index is -0.295. The summed E-state index contributed by atoms with van der Waals surface area (Å²) in [4.78, 5) is 17.2. The van der Waals surface area contributed by atoms with E-state index in [9.17, 15) is 4.79 Å². The smallest absolute Gasteiger partial charge is 0.257 e. The molecule has 0 aliphatic carbocycles. The molecular weight excluding hydrogens is 463 g/mol. The van der Waals surface area contributed by atoms with E-state index in [2.05, 4.69) is 26.2 Å². The fourth-order valence-electron chi connectivity index (χ4n) is 2.88. The van der Waals surface area contributed by atoms with E-state index in [0.717, 1.165) is 15.6 Å². The summed E-state index contributed by atoms with van der Waals surface area (Å²) in [6.45, 7) is 1.90.